The monoisotopic (exact) mass is 940 g/mol. The predicted octanol–water partition coefficient (Wildman–Crippen LogP) is 20.6. The second-order valence-electron chi connectivity index (χ2n) is 23.3. The van der Waals surface area contributed by atoms with Gasteiger partial charge in [0.25, 0.3) is 0 Å². The van der Waals surface area contributed by atoms with Crippen molar-refractivity contribution < 1.29 is 0 Å². The highest BCUT2D eigenvalue weighted by Gasteiger charge is 2.38. The van der Waals surface area contributed by atoms with Crippen LogP contribution in [0.25, 0.3) is 22.3 Å². The lowest BCUT2D eigenvalue weighted by Gasteiger charge is -2.43. The Bertz CT molecular complexity index is 2530. The summed E-state index contributed by atoms with van der Waals surface area (Å²) in [5.74, 6) is 3.20. The lowest BCUT2D eigenvalue weighted by molar-refractivity contribution is 0.807. The highest BCUT2D eigenvalue weighted by molar-refractivity contribution is 6.60. The van der Waals surface area contributed by atoms with Gasteiger partial charge in [-0.15, -0.1) is 0 Å². The van der Waals surface area contributed by atoms with Crippen molar-refractivity contribution >= 4 is 26.0 Å². The van der Waals surface area contributed by atoms with Crippen molar-refractivity contribution in [2.75, 3.05) is 9.13 Å². The van der Waals surface area contributed by atoms with Crippen LogP contribution in [0.1, 0.15) is 260 Å². The Hall–Kier alpha value is -4.80. The number of hydrogen-bond donors (Lipinski definition) is 0. The first-order valence-electron chi connectivity index (χ1n) is 26.7. The summed E-state index contributed by atoms with van der Waals surface area (Å²) >= 11 is 0. The minimum Gasteiger partial charge on any atom is -0.319 e. The summed E-state index contributed by atoms with van der Waals surface area (Å²) in [7, 11) is -2.21. The largest absolute Gasteiger partial charge is 0.393 e. The van der Waals surface area contributed by atoms with Gasteiger partial charge in [-0.3, -0.25) is 4.63 Å². The van der Waals surface area contributed by atoms with Crippen molar-refractivity contribution in [2.24, 2.45) is 4.63 Å². The predicted molar refractivity (Wildman–Crippen MR) is 307 cm³/mol. The second-order valence-corrected chi connectivity index (χ2v) is 25.0. The maximum absolute atomic E-state index is 6.66. The first-order chi connectivity index (χ1) is 32.4. The molecule has 0 atom stereocenters. The quantitative estimate of drug-likeness (QED) is 0.0974. The summed E-state index contributed by atoms with van der Waals surface area (Å²) < 4.78 is 12.0. The van der Waals surface area contributed by atoms with E-state index in [4.69, 9.17) is 11.2 Å². The molecule has 1 aliphatic heterocycles. The zero-order chi connectivity index (χ0) is 51.1. The van der Waals surface area contributed by atoms with Gasteiger partial charge in [0.05, 0.1) is 5.69 Å². The summed E-state index contributed by atoms with van der Waals surface area (Å²) in [4.78, 5) is 0. The van der Waals surface area contributed by atoms with Crippen molar-refractivity contribution in [3.63, 3.8) is 0 Å². The van der Waals surface area contributed by atoms with Gasteiger partial charge in [-0.05, 0) is 139 Å². The molecule has 0 aliphatic carbocycles. The normalized spacial score (nSPS) is 14.4. The molecular formula is C65H89N3Si. The molecule has 0 N–H and O–H groups in total. The molecule has 0 bridgehead atoms. The van der Waals surface area contributed by atoms with Gasteiger partial charge in [0.1, 0.15) is 0 Å². The average molecular weight is 941 g/mol. The molecule has 6 rings (SSSR count). The van der Waals surface area contributed by atoms with E-state index in [2.05, 4.69) is 239 Å². The van der Waals surface area contributed by atoms with Crippen molar-refractivity contribution in [1.29, 1.82) is 0 Å². The Morgan fingerprint density at radius 2 is 0.681 bits per heavy atom. The van der Waals surface area contributed by atoms with Crippen LogP contribution in [0.3, 0.4) is 0 Å². The number of allylic oxidation sites excluding steroid dienone is 2. The molecule has 3 nitrogen and oxygen atoms in total. The Morgan fingerprint density at radius 1 is 0.391 bits per heavy atom. The van der Waals surface area contributed by atoms with E-state index in [1.165, 1.54) is 95.0 Å². The molecule has 0 saturated heterocycles. The molecule has 5 aromatic carbocycles. The summed E-state index contributed by atoms with van der Waals surface area (Å²) in [6.45, 7) is 54.5. The molecule has 1 heterocycles. The molecule has 0 aromatic heterocycles. The minimum atomic E-state index is -2.21. The molecule has 0 amide bonds. The van der Waals surface area contributed by atoms with Gasteiger partial charge in [0.15, 0.2) is 0 Å². The Kier molecular flexibility index (Phi) is 16.8. The molecule has 0 spiro atoms. The summed E-state index contributed by atoms with van der Waals surface area (Å²) in [5, 5.41) is 0. The highest BCUT2D eigenvalue weighted by atomic mass is 28.3. The first kappa shape index (κ1) is 53.5. The molecule has 0 radical (unpaired) electrons. The van der Waals surface area contributed by atoms with E-state index < -0.39 is 8.91 Å². The van der Waals surface area contributed by atoms with Crippen LogP contribution in [0.15, 0.2) is 108 Å². The summed E-state index contributed by atoms with van der Waals surface area (Å²) in [5.41, 5.74) is 24.8. The van der Waals surface area contributed by atoms with Gasteiger partial charge in [-0.2, -0.15) is 0 Å². The molecule has 368 valence electrons. The fourth-order valence-electron chi connectivity index (χ4n) is 10.6. The third-order valence-corrected chi connectivity index (χ3v) is 16.9. The average Bonchev–Trinajstić information content (AvgIpc) is 3.27. The van der Waals surface area contributed by atoms with E-state index in [0.29, 0.717) is 47.3 Å². The van der Waals surface area contributed by atoms with E-state index in [1.807, 2.05) is 0 Å². The zero-order valence-electron chi connectivity index (χ0n) is 46.9. The molecule has 1 aliphatic rings. The van der Waals surface area contributed by atoms with E-state index in [-0.39, 0.29) is 11.8 Å². The Morgan fingerprint density at radius 3 is 0.971 bits per heavy atom. The number of anilines is 2. The third kappa shape index (κ3) is 10.6. The molecule has 4 heteroatoms. The van der Waals surface area contributed by atoms with Gasteiger partial charge in [-0.1, -0.05) is 224 Å². The number of hydrogen-bond acceptors (Lipinski definition) is 1. The smallest absolute Gasteiger partial charge is 0.319 e. The van der Waals surface area contributed by atoms with Crippen molar-refractivity contribution in [1.82, 2.24) is 0 Å². The molecule has 69 heavy (non-hydrogen) atoms. The van der Waals surface area contributed by atoms with Gasteiger partial charge < -0.3 is 9.13 Å². The number of para-hydroxylation sites is 2. The van der Waals surface area contributed by atoms with E-state index >= 15 is 0 Å². The number of benzene rings is 5. The lowest BCUT2D eigenvalue weighted by Crippen LogP contribution is -2.50. The second kappa shape index (κ2) is 21.7. The number of rotatable bonds is 15. The fourth-order valence-corrected chi connectivity index (χ4v) is 13.1. The van der Waals surface area contributed by atoms with Crippen molar-refractivity contribution in [2.45, 2.75) is 205 Å². The van der Waals surface area contributed by atoms with Crippen LogP contribution >= 0.6 is 0 Å². The van der Waals surface area contributed by atoms with Gasteiger partial charge in [-0.25, -0.2) is 0 Å². The topological polar surface area (TPSA) is 18.8 Å². The van der Waals surface area contributed by atoms with E-state index in [0.717, 1.165) is 11.4 Å². The lowest BCUT2D eigenvalue weighted by atomic mass is 9.78. The van der Waals surface area contributed by atoms with Crippen LogP contribution in [0.4, 0.5) is 17.1 Å². The third-order valence-electron chi connectivity index (χ3n) is 14.6. The summed E-state index contributed by atoms with van der Waals surface area (Å²) in [6, 6.07) is 31.2. The van der Waals surface area contributed by atoms with Crippen molar-refractivity contribution in [3.05, 3.63) is 159 Å². The summed E-state index contributed by atoms with van der Waals surface area (Å²) in [6.07, 6.45) is 2.34. The van der Waals surface area contributed by atoms with Gasteiger partial charge >= 0.3 is 8.91 Å². The maximum atomic E-state index is 6.66. The molecule has 0 fully saturated rings. The van der Waals surface area contributed by atoms with Crippen LogP contribution in [-0.4, -0.2) is 8.91 Å². The van der Waals surface area contributed by atoms with E-state index in [9.17, 15) is 0 Å². The molecule has 0 unspecified atom stereocenters. The molecule has 0 saturated carbocycles. The number of nitrogens with zero attached hydrogens (tertiary/aromatic N) is 3. The Labute approximate surface area is 423 Å². The SMILES string of the molecule is C=C1C=C(C)N(c2c(C(C)C)cccc2C(C)C)[Si](=Nc2c(-c3c(C(C)C)cc(C(C)C)cc3C(C)C)cccc2-c2c(C(C)C)cc(C(C)C)cc2C(C)C)N1c1c(C(C)C)cccc1C(C)C. The molecule has 5 aromatic rings. The fraction of sp³-hybridized carbons (Fsp3) is 0.477. The van der Waals surface area contributed by atoms with Crippen molar-refractivity contribution in [3.8, 4) is 22.3 Å². The zero-order valence-corrected chi connectivity index (χ0v) is 47.9. The highest BCUT2D eigenvalue weighted by Crippen LogP contribution is 2.51. The van der Waals surface area contributed by atoms with Crippen LogP contribution in [0.2, 0.25) is 0 Å². The van der Waals surface area contributed by atoms with Crippen LogP contribution < -0.4 is 9.13 Å². The van der Waals surface area contributed by atoms with Crippen LogP contribution in [0, 0.1) is 0 Å². The van der Waals surface area contributed by atoms with Crippen LogP contribution in [-0.2, 0) is 0 Å². The minimum absolute atomic E-state index is 0.288. The maximum Gasteiger partial charge on any atom is 0.393 e. The first-order valence-corrected chi connectivity index (χ1v) is 28.0. The Balaban J connectivity index is 1.99. The standard InChI is InChI=1S/C65H89N3Si/c1-37(2)49-33-57(43(13)14)61(58(34-49)44(15)16)55-30-25-31-56(62-59(45(17)18)35-50(38(3)4)36-60(62)46(19)20)63(55)66-69-67(64-51(39(5)6)26-23-27-52(64)40(7)8)47(21)32-48(22)68(69)65-53(41(9)10)28-24-29-54(65)42(11)12/h23-46H,21H2,1-20,22H3. The van der Waals surface area contributed by atoms with Gasteiger partial charge in [0.2, 0.25) is 0 Å². The molecular weight excluding hydrogens is 851 g/mol. The van der Waals surface area contributed by atoms with Crippen LogP contribution in [0.5, 0.6) is 0 Å². The van der Waals surface area contributed by atoms with E-state index in [1.54, 1.807) is 0 Å². The van der Waals surface area contributed by atoms with Gasteiger partial charge in [0, 0.05) is 33.9 Å².